The molecule has 0 aliphatic carbocycles. The largest absolute Gasteiger partial charge is 0.383 e. The first-order chi connectivity index (χ1) is 11.3. The predicted octanol–water partition coefficient (Wildman–Crippen LogP) is 2.40. The van der Waals surface area contributed by atoms with E-state index in [9.17, 15) is 4.79 Å². The first kappa shape index (κ1) is 16.0. The van der Waals surface area contributed by atoms with Crippen molar-refractivity contribution in [3.63, 3.8) is 0 Å². The highest BCUT2D eigenvalue weighted by Crippen LogP contribution is 2.21. The van der Waals surface area contributed by atoms with E-state index in [1.54, 1.807) is 13.3 Å². The molecular formula is C16H20N4O2S. The lowest BCUT2D eigenvalue weighted by Gasteiger charge is -2.24. The second kappa shape index (κ2) is 7.63. The second-order valence-electron chi connectivity index (χ2n) is 5.66. The maximum Gasteiger partial charge on any atom is 0.256 e. The van der Waals surface area contributed by atoms with Gasteiger partial charge in [0.25, 0.3) is 5.91 Å². The molecule has 1 aliphatic rings. The second-order valence-corrected chi connectivity index (χ2v) is 6.44. The van der Waals surface area contributed by atoms with Crippen LogP contribution in [0.15, 0.2) is 30.5 Å². The summed E-state index contributed by atoms with van der Waals surface area (Å²) in [5, 5.41) is 7.18. The third-order valence-electron chi connectivity index (χ3n) is 4.03. The van der Waals surface area contributed by atoms with Crippen LogP contribution in [0.2, 0.25) is 0 Å². The first-order valence-electron chi connectivity index (χ1n) is 7.67. The topological polar surface area (TPSA) is 67.3 Å². The van der Waals surface area contributed by atoms with Gasteiger partial charge in [-0.1, -0.05) is 16.6 Å². The number of rotatable bonds is 6. The summed E-state index contributed by atoms with van der Waals surface area (Å²) in [5.41, 5.74) is 1.79. The van der Waals surface area contributed by atoms with E-state index in [-0.39, 0.29) is 5.91 Å². The molecule has 2 aromatic rings. The summed E-state index contributed by atoms with van der Waals surface area (Å²) in [6, 6.07) is 8.24. The number of likely N-dealkylation sites (tertiary alicyclic amines) is 1. The van der Waals surface area contributed by atoms with E-state index in [1.807, 2.05) is 18.2 Å². The number of ether oxygens (including phenoxy) is 1. The minimum absolute atomic E-state index is 0.132. The number of amides is 1. The summed E-state index contributed by atoms with van der Waals surface area (Å²) in [6.45, 7) is 2.69. The molecule has 1 atom stereocenters. The fourth-order valence-corrected chi connectivity index (χ4v) is 3.35. The lowest BCUT2D eigenvalue weighted by molar-refractivity contribution is 0.102. The molecule has 1 N–H and O–H groups in total. The number of nitrogens with one attached hydrogen (secondary N) is 1. The number of anilines is 1. The van der Waals surface area contributed by atoms with Crippen LogP contribution in [0.3, 0.4) is 0 Å². The molecule has 1 aromatic carbocycles. The van der Waals surface area contributed by atoms with Crippen molar-refractivity contribution in [3.05, 3.63) is 41.6 Å². The molecule has 0 spiro atoms. The number of methoxy groups -OCH3 is 1. The fraction of sp³-hybridized carbons (Fsp3) is 0.438. The standard InChI is InChI=1S/C16H20N4O2S/c1-22-11-14-6-3-7-20(14)10-12-4-2-5-13(8-12)16(21)18-15-9-17-19-23-15/h2,4-5,8-9,14H,3,6-7,10-11H2,1H3,(H,18,21)/t14-/m1/s1. The van der Waals surface area contributed by atoms with Crippen molar-refractivity contribution in [1.29, 1.82) is 0 Å². The van der Waals surface area contributed by atoms with Gasteiger partial charge in [-0.15, -0.1) is 5.10 Å². The molecule has 0 saturated carbocycles. The predicted molar refractivity (Wildman–Crippen MR) is 89.6 cm³/mol. The van der Waals surface area contributed by atoms with Crippen molar-refractivity contribution < 1.29 is 9.53 Å². The van der Waals surface area contributed by atoms with E-state index in [0.717, 1.165) is 25.3 Å². The highest BCUT2D eigenvalue weighted by molar-refractivity contribution is 7.10. The van der Waals surface area contributed by atoms with Gasteiger partial charge >= 0.3 is 0 Å². The Morgan fingerprint density at radius 3 is 3.22 bits per heavy atom. The molecule has 0 unspecified atom stereocenters. The number of hydrogen-bond donors (Lipinski definition) is 1. The van der Waals surface area contributed by atoms with Gasteiger partial charge in [0.2, 0.25) is 0 Å². The van der Waals surface area contributed by atoms with Gasteiger partial charge in [-0.2, -0.15) is 0 Å². The van der Waals surface area contributed by atoms with E-state index in [0.29, 0.717) is 16.6 Å². The summed E-state index contributed by atoms with van der Waals surface area (Å²) in [5.74, 6) is -0.132. The maximum atomic E-state index is 12.3. The summed E-state index contributed by atoms with van der Waals surface area (Å²) < 4.78 is 9.04. The Kier molecular flexibility index (Phi) is 5.32. The van der Waals surface area contributed by atoms with Gasteiger partial charge in [-0.3, -0.25) is 9.69 Å². The lowest BCUT2D eigenvalue weighted by Crippen LogP contribution is -2.32. The minimum atomic E-state index is -0.132. The monoisotopic (exact) mass is 332 g/mol. The molecule has 7 heteroatoms. The molecule has 1 saturated heterocycles. The summed E-state index contributed by atoms with van der Waals surface area (Å²) in [6.07, 6.45) is 3.92. The zero-order valence-electron chi connectivity index (χ0n) is 13.1. The van der Waals surface area contributed by atoms with Crippen molar-refractivity contribution in [1.82, 2.24) is 14.5 Å². The Morgan fingerprint density at radius 2 is 2.43 bits per heavy atom. The minimum Gasteiger partial charge on any atom is -0.383 e. The van der Waals surface area contributed by atoms with E-state index >= 15 is 0 Å². The number of nitrogens with zero attached hydrogens (tertiary/aromatic N) is 3. The van der Waals surface area contributed by atoms with Gasteiger partial charge in [-0.25, -0.2) is 0 Å². The van der Waals surface area contributed by atoms with E-state index in [1.165, 1.54) is 24.4 Å². The Labute approximate surface area is 139 Å². The van der Waals surface area contributed by atoms with Crippen LogP contribution in [-0.4, -0.2) is 46.7 Å². The van der Waals surface area contributed by atoms with Crippen molar-refractivity contribution in [2.75, 3.05) is 25.6 Å². The molecule has 2 heterocycles. The highest BCUT2D eigenvalue weighted by Gasteiger charge is 2.24. The highest BCUT2D eigenvalue weighted by atomic mass is 32.1. The van der Waals surface area contributed by atoms with Crippen molar-refractivity contribution in [3.8, 4) is 0 Å². The van der Waals surface area contributed by atoms with Crippen molar-refractivity contribution in [2.45, 2.75) is 25.4 Å². The molecular weight excluding hydrogens is 312 g/mol. The third kappa shape index (κ3) is 4.13. The van der Waals surface area contributed by atoms with Gasteiger partial charge in [0.05, 0.1) is 12.8 Å². The van der Waals surface area contributed by atoms with Gasteiger partial charge in [-0.05, 0) is 37.1 Å². The van der Waals surface area contributed by atoms with E-state index < -0.39 is 0 Å². The molecule has 0 radical (unpaired) electrons. The Hall–Kier alpha value is -1.83. The Bertz CT molecular complexity index is 647. The van der Waals surface area contributed by atoms with Crippen LogP contribution in [0.4, 0.5) is 5.00 Å². The molecule has 1 amide bonds. The number of hydrogen-bond acceptors (Lipinski definition) is 6. The molecule has 0 bridgehead atoms. The molecule has 1 aliphatic heterocycles. The van der Waals surface area contributed by atoms with Crippen LogP contribution in [0.5, 0.6) is 0 Å². The van der Waals surface area contributed by atoms with E-state index in [4.69, 9.17) is 4.74 Å². The van der Waals surface area contributed by atoms with E-state index in [2.05, 4.69) is 25.9 Å². The Morgan fingerprint density at radius 1 is 1.52 bits per heavy atom. The van der Waals surface area contributed by atoms with Crippen LogP contribution in [0.1, 0.15) is 28.8 Å². The van der Waals surface area contributed by atoms with Crippen LogP contribution in [0, 0.1) is 0 Å². The third-order valence-corrected chi connectivity index (χ3v) is 4.61. The summed E-state index contributed by atoms with van der Waals surface area (Å²) in [7, 11) is 1.75. The fourth-order valence-electron chi connectivity index (χ4n) is 2.94. The Balaban J connectivity index is 1.66. The van der Waals surface area contributed by atoms with Crippen LogP contribution >= 0.6 is 11.5 Å². The smallest absolute Gasteiger partial charge is 0.256 e. The van der Waals surface area contributed by atoms with Gasteiger partial charge in [0.15, 0.2) is 0 Å². The SMILES string of the molecule is COC[C@H]1CCCN1Cc1cccc(C(=O)Nc2cnns2)c1. The van der Waals surface area contributed by atoms with Crippen molar-refractivity contribution >= 4 is 22.4 Å². The lowest BCUT2D eigenvalue weighted by atomic mass is 10.1. The average Bonchev–Trinajstić information content (AvgIpc) is 3.21. The van der Waals surface area contributed by atoms with Gasteiger partial charge in [0, 0.05) is 36.8 Å². The molecule has 6 nitrogen and oxygen atoms in total. The first-order valence-corrected chi connectivity index (χ1v) is 8.44. The zero-order valence-corrected chi connectivity index (χ0v) is 13.9. The van der Waals surface area contributed by atoms with Crippen LogP contribution in [-0.2, 0) is 11.3 Å². The van der Waals surface area contributed by atoms with Crippen LogP contribution < -0.4 is 5.32 Å². The van der Waals surface area contributed by atoms with Crippen LogP contribution in [0.25, 0.3) is 0 Å². The summed E-state index contributed by atoms with van der Waals surface area (Å²) >= 11 is 1.17. The molecule has 23 heavy (non-hydrogen) atoms. The number of carbonyl (C=O) groups is 1. The zero-order chi connectivity index (χ0) is 16.1. The maximum absolute atomic E-state index is 12.3. The van der Waals surface area contributed by atoms with Gasteiger partial charge < -0.3 is 10.1 Å². The normalized spacial score (nSPS) is 18.2. The molecule has 1 aromatic heterocycles. The number of benzene rings is 1. The number of aromatic nitrogens is 2. The molecule has 122 valence electrons. The number of carbonyl (C=O) groups excluding carboxylic acids is 1. The van der Waals surface area contributed by atoms with Gasteiger partial charge in [0.1, 0.15) is 5.00 Å². The quantitative estimate of drug-likeness (QED) is 0.880. The average molecular weight is 332 g/mol. The summed E-state index contributed by atoms with van der Waals surface area (Å²) in [4.78, 5) is 14.7. The van der Waals surface area contributed by atoms with Crippen molar-refractivity contribution in [2.24, 2.45) is 0 Å². The molecule has 3 rings (SSSR count). The molecule has 1 fully saturated rings.